The number of benzene rings is 1. The van der Waals surface area contributed by atoms with Gasteiger partial charge < -0.3 is 5.11 Å². The number of nitrogens with zero attached hydrogens (tertiary/aromatic N) is 2. The third-order valence-electron chi connectivity index (χ3n) is 3.66. The van der Waals surface area contributed by atoms with Crippen molar-refractivity contribution in [3.8, 4) is 0 Å². The van der Waals surface area contributed by atoms with Gasteiger partial charge >= 0.3 is 0 Å². The molecule has 0 bridgehead atoms. The minimum absolute atomic E-state index is 0.309. The van der Waals surface area contributed by atoms with E-state index < -0.39 is 0 Å². The van der Waals surface area contributed by atoms with E-state index in [9.17, 15) is 5.11 Å². The minimum Gasteiger partial charge on any atom is -0.391 e. The molecule has 1 atom stereocenters. The van der Waals surface area contributed by atoms with E-state index in [0.29, 0.717) is 0 Å². The van der Waals surface area contributed by atoms with Gasteiger partial charge in [0.1, 0.15) is 0 Å². The maximum Gasteiger partial charge on any atom is 0.0707 e. The molecule has 0 aliphatic carbocycles. The van der Waals surface area contributed by atoms with Crippen molar-refractivity contribution in [2.24, 2.45) is 0 Å². The highest BCUT2D eigenvalue weighted by molar-refractivity contribution is 5.19. The third-order valence-corrected chi connectivity index (χ3v) is 3.66. The number of H-pyrrole nitrogens is 1. The van der Waals surface area contributed by atoms with E-state index in [2.05, 4.69) is 27.2 Å². The Morgan fingerprint density at radius 1 is 1.32 bits per heavy atom. The maximum atomic E-state index is 10.2. The Balaban J connectivity index is 1.55. The Labute approximate surface area is 113 Å². The predicted molar refractivity (Wildman–Crippen MR) is 73.7 cm³/mol. The second kappa shape index (κ2) is 5.55. The van der Waals surface area contributed by atoms with Crippen molar-refractivity contribution >= 4 is 0 Å². The standard InChI is InChI=1S/C15H19N3O/c19-14(8-12-4-2-1-3-5-12)11-18-7-6-15-13(10-18)9-16-17-15/h1-5,9,14,19H,6-8,10-11H2,(H,16,17). The van der Waals surface area contributed by atoms with Gasteiger partial charge in [-0.25, -0.2) is 0 Å². The molecule has 0 saturated heterocycles. The van der Waals surface area contributed by atoms with Crippen molar-refractivity contribution in [2.75, 3.05) is 13.1 Å². The van der Waals surface area contributed by atoms with Crippen LogP contribution in [0, 0.1) is 0 Å². The zero-order chi connectivity index (χ0) is 13.1. The van der Waals surface area contributed by atoms with Crippen LogP contribution in [0.25, 0.3) is 0 Å². The summed E-state index contributed by atoms with van der Waals surface area (Å²) >= 11 is 0. The molecule has 3 rings (SSSR count). The normalized spacial score (nSPS) is 17.1. The third kappa shape index (κ3) is 3.03. The van der Waals surface area contributed by atoms with Crippen LogP contribution in [0.15, 0.2) is 36.5 Å². The highest BCUT2D eigenvalue weighted by Crippen LogP contribution is 2.16. The zero-order valence-corrected chi connectivity index (χ0v) is 10.9. The largest absolute Gasteiger partial charge is 0.391 e. The van der Waals surface area contributed by atoms with Gasteiger partial charge in [0, 0.05) is 37.3 Å². The number of aliphatic hydroxyl groups excluding tert-OH is 1. The van der Waals surface area contributed by atoms with Crippen LogP contribution in [0.3, 0.4) is 0 Å². The second-order valence-electron chi connectivity index (χ2n) is 5.20. The Bertz CT molecular complexity index is 523. The molecule has 1 aliphatic heterocycles. The lowest BCUT2D eigenvalue weighted by Gasteiger charge is -2.28. The fourth-order valence-corrected chi connectivity index (χ4v) is 2.69. The highest BCUT2D eigenvalue weighted by atomic mass is 16.3. The van der Waals surface area contributed by atoms with Crippen LogP contribution in [-0.4, -0.2) is 39.4 Å². The Morgan fingerprint density at radius 3 is 3.00 bits per heavy atom. The van der Waals surface area contributed by atoms with E-state index in [1.54, 1.807) is 0 Å². The van der Waals surface area contributed by atoms with E-state index in [1.165, 1.54) is 16.8 Å². The molecule has 1 aromatic carbocycles. The van der Waals surface area contributed by atoms with E-state index in [4.69, 9.17) is 0 Å². The summed E-state index contributed by atoms with van der Waals surface area (Å²) in [5, 5.41) is 17.3. The van der Waals surface area contributed by atoms with E-state index in [0.717, 1.165) is 32.5 Å². The molecule has 1 aromatic heterocycles. The fourth-order valence-electron chi connectivity index (χ4n) is 2.69. The van der Waals surface area contributed by atoms with Crippen molar-refractivity contribution < 1.29 is 5.11 Å². The van der Waals surface area contributed by atoms with Crippen LogP contribution < -0.4 is 0 Å². The molecule has 4 nitrogen and oxygen atoms in total. The Kier molecular flexibility index (Phi) is 3.62. The van der Waals surface area contributed by atoms with Crippen LogP contribution in [0.5, 0.6) is 0 Å². The molecular weight excluding hydrogens is 238 g/mol. The number of aromatic nitrogens is 2. The molecule has 1 unspecified atom stereocenters. The lowest BCUT2D eigenvalue weighted by molar-refractivity contribution is 0.105. The quantitative estimate of drug-likeness (QED) is 0.870. The van der Waals surface area contributed by atoms with Crippen LogP contribution in [0.4, 0.5) is 0 Å². The first kappa shape index (κ1) is 12.4. The van der Waals surface area contributed by atoms with E-state index in [-0.39, 0.29) is 6.10 Å². The topological polar surface area (TPSA) is 52.1 Å². The van der Waals surface area contributed by atoms with Crippen LogP contribution in [0.1, 0.15) is 16.8 Å². The first-order valence-corrected chi connectivity index (χ1v) is 6.77. The SMILES string of the molecule is OC(Cc1ccccc1)CN1CCc2[nH]ncc2C1. The predicted octanol–water partition coefficient (Wildman–Crippen LogP) is 1.37. The summed E-state index contributed by atoms with van der Waals surface area (Å²) in [6, 6.07) is 10.2. The van der Waals surface area contributed by atoms with Gasteiger partial charge in [0.25, 0.3) is 0 Å². The molecule has 2 N–H and O–H groups in total. The number of hydrogen-bond donors (Lipinski definition) is 2. The summed E-state index contributed by atoms with van der Waals surface area (Å²) < 4.78 is 0. The fraction of sp³-hybridized carbons (Fsp3) is 0.400. The number of rotatable bonds is 4. The molecule has 0 amide bonds. The highest BCUT2D eigenvalue weighted by Gasteiger charge is 2.19. The minimum atomic E-state index is -0.309. The average molecular weight is 257 g/mol. The summed E-state index contributed by atoms with van der Waals surface area (Å²) in [4.78, 5) is 2.30. The average Bonchev–Trinajstić information content (AvgIpc) is 2.87. The molecule has 0 radical (unpaired) electrons. The summed E-state index contributed by atoms with van der Waals surface area (Å²) in [5.74, 6) is 0. The first-order chi connectivity index (χ1) is 9.31. The van der Waals surface area contributed by atoms with Crippen molar-refractivity contribution in [3.63, 3.8) is 0 Å². The van der Waals surface area contributed by atoms with Gasteiger partial charge in [0.2, 0.25) is 0 Å². The molecule has 2 heterocycles. The van der Waals surface area contributed by atoms with Gasteiger partial charge in [0.05, 0.1) is 12.3 Å². The number of aromatic amines is 1. The van der Waals surface area contributed by atoms with Gasteiger partial charge in [-0.05, 0) is 12.0 Å². The van der Waals surface area contributed by atoms with Gasteiger partial charge in [-0.3, -0.25) is 10.00 Å². The molecule has 2 aromatic rings. The molecular formula is C15H19N3O. The molecule has 0 saturated carbocycles. The smallest absolute Gasteiger partial charge is 0.0707 e. The van der Waals surface area contributed by atoms with Crippen molar-refractivity contribution in [2.45, 2.75) is 25.5 Å². The van der Waals surface area contributed by atoms with E-state index in [1.807, 2.05) is 24.4 Å². The van der Waals surface area contributed by atoms with Gasteiger partial charge in [0.15, 0.2) is 0 Å². The Hall–Kier alpha value is -1.65. The monoisotopic (exact) mass is 257 g/mol. The summed E-state index contributed by atoms with van der Waals surface area (Å²) in [6.45, 7) is 2.60. The van der Waals surface area contributed by atoms with Crippen molar-refractivity contribution in [3.05, 3.63) is 53.3 Å². The lowest BCUT2D eigenvalue weighted by atomic mass is 10.1. The first-order valence-electron chi connectivity index (χ1n) is 6.77. The van der Waals surface area contributed by atoms with Gasteiger partial charge in [-0.1, -0.05) is 30.3 Å². The summed E-state index contributed by atoms with van der Waals surface area (Å²) in [5.41, 5.74) is 3.70. The zero-order valence-electron chi connectivity index (χ0n) is 10.9. The van der Waals surface area contributed by atoms with Crippen LogP contribution >= 0.6 is 0 Å². The van der Waals surface area contributed by atoms with Crippen molar-refractivity contribution in [1.82, 2.24) is 15.1 Å². The molecule has 0 spiro atoms. The number of nitrogens with one attached hydrogen (secondary N) is 1. The van der Waals surface area contributed by atoms with Crippen molar-refractivity contribution in [1.29, 1.82) is 0 Å². The molecule has 19 heavy (non-hydrogen) atoms. The summed E-state index contributed by atoms with van der Waals surface area (Å²) in [6.07, 6.45) is 3.30. The molecule has 100 valence electrons. The molecule has 0 fully saturated rings. The molecule has 4 heteroatoms. The number of β-amino-alcohol motifs (C(OH)–C–C–N with tert-alkyl or cyclic N) is 1. The number of fused-ring (bicyclic) bond motifs is 1. The Morgan fingerprint density at radius 2 is 2.16 bits per heavy atom. The maximum absolute atomic E-state index is 10.2. The second-order valence-corrected chi connectivity index (χ2v) is 5.20. The lowest BCUT2D eigenvalue weighted by Crippen LogP contribution is -2.37. The van der Waals surface area contributed by atoms with Crippen LogP contribution in [0.2, 0.25) is 0 Å². The van der Waals surface area contributed by atoms with E-state index >= 15 is 0 Å². The summed E-state index contributed by atoms with van der Waals surface area (Å²) in [7, 11) is 0. The van der Waals surface area contributed by atoms with Crippen LogP contribution in [-0.2, 0) is 19.4 Å². The van der Waals surface area contributed by atoms with Gasteiger partial charge in [-0.15, -0.1) is 0 Å². The number of aliphatic hydroxyl groups is 1. The number of hydrogen-bond acceptors (Lipinski definition) is 3. The van der Waals surface area contributed by atoms with Gasteiger partial charge in [-0.2, -0.15) is 5.10 Å². The molecule has 1 aliphatic rings.